The Morgan fingerprint density at radius 1 is 1.16 bits per heavy atom. The number of carbonyl (C=O) groups excluding carboxylic acids is 1. The Kier molecular flexibility index (Phi) is 4.90. The maximum atomic E-state index is 13.3. The molecule has 1 aliphatic rings. The SMILES string of the molecule is Cc1ccc(Cn2ncc3c(C(=O)NC4CCOc5ccccc54)cc(C)nc32)cc1. The Morgan fingerprint density at radius 3 is 2.81 bits per heavy atom. The summed E-state index contributed by atoms with van der Waals surface area (Å²) >= 11 is 0. The molecule has 0 fully saturated rings. The fourth-order valence-corrected chi connectivity index (χ4v) is 4.07. The molecule has 0 saturated carbocycles. The molecule has 4 aromatic rings. The molecule has 3 heterocycles. The van der Waals surface area contributed by atoms with E-state index in [-0.39, 0.29) is 11.9 Å². The van der Waals surface area contributed by atoms with E-state index in [2.05, 4.69) is 46.6 Å². The maximum absolute atomic E-state index is 13.3. The lowest BCUT2D eigenvalue weighted by Crippen LogP contribution is -2.32. The van der Waals surface area contributed by atoms with Crippen molar-refractivity contribution in [1.82, 2.24) is 20.1 Å². The molecule has 1 atom stereocenters. The van der Waals surface area contributed by atoms with Gasteiger partial charge in [0.25, 0.3) is 5.91 Å². The van der Waals surface area contributed by atoms with Crippen molar-refractivity contribution >= 4 is 16.9 Å². The van der Waals surface area contributed by atoms with Gasteiger partial charge >= 0.3 is 0 Å². The molecule has 0 aliphatic carbocycles. The molecule has 2 aromatic heterocycles. The van der Waals surface area contributed by atoms with Crippen LogP contribution in [-0.2, 0) is 6.54 Å². The summed E-state index contributed by atoms with van der Waals surface area (Å²) in [6, 6.07) is 18.0. The van der Waals surface area contributed by atoms with E-state index in [0.717, 1.165) is 40.0 Å². The molecule has 0 saturated heterocycles. The van der Waals surface area contributed by atoms with Gasteiger partial charge in [-0.3, -0.25) is 4.79 Å². The van der Waals surface area contributed by atoms with Crippen LogP contribution < -0.4 is 10.1 Å². The van der Waals surface area contributed by atoms with Gasteiger partial charge in [-0.2, -0.15) is 5.10 Å². The number of carbonyl (C=O) groups is 1. The fourth-order valence-electron chi connectivity index (χ4n) is 4.07. The van der Waals surface area contributed by atoms with Crippen LogP contribution in [0.2, 0.25) is 0 Å². The van der Waals surface area contributed by atoms with E-state index in [1.165, 1.54) is 5.56 Å². The average molecular weight is 412 g/mol. The summed E-state index contributed by atoms with van der Waals surface area (Å²) in [5.41, 5.74) is 5.48. The lowest BCUT2D eigenvalue weighted by atomic mass is 10.00. The van der Waals surface area contributed by atoms with Crippen molar-refractivity contribution in [3.8, 4) is 5.75 Å². The molecule has 156 valence electrons. The average Bonchev–Trinajstić information content (AvgIpc) is 3.17. The van der Waals surface area contributed by atoms with E-state index >= 15 is 0 Å². The maximum Gasteiger partial charge on any atom is 0.252 e. The van der Waals surface area contributed by atoms with Crippen molar-refractivity contribution in [1.29, 1.82) is 0 Å². The summed E-state index contributed by atoms with van der Waals surface area (Å²) in [6.07, 6.45) is 2.48. The summed E-state index contributed by atoms with van der Waals surface area (Å²) in [5.74, 6) is 0.716. The smallest absolute Gasteiger partial charge is 0.252 e. The zero-order valence-electron chi connectivity index (χ0n) is 17.6. The zero-order chi connectivity index (χ0) is 21.4. The van der Waals surface area contributed by atoms with Gasteiger partial charge in [0.15, 0.2) is 5.65 Å². The minimum absolute atomic E-state index is 0.0800. The standard InChI is InChI=1S/C25H24N4O2/c1-16-7-9-18(10-8-16)15-29-24-21(14-26-29)20(13-17(2)27-24)25(30)28-22-11-12-31-23-6-4-3-5-19(22)23/h3-10,13-14,22H,11-12,15H2,1-2H3,(H,28,30). The Labute approximate surface area is 180 Å². The third kappa shape index (κ3) is 3.77. The highest BCUT2D eigenvalue weighted by Gasteiger charge is 2.24. The number of amides is 1. The van der Waals surface area contributed by atoms with Gasteiger partial charge < -0.3 is 10.1 Å². The van der Waals surface area contributed by atoms with Crippen LogP contribution in [0.5, 0.6) is 5.75 Å². The van der Waals surface area contributed by atoms with E-state index in [4.69, 9.17) is 4.74 Å². The molecule has 2 aromatic carbocycles. The predicted molar refractivity (Wildman–Crippen MR) is 119 cm³/mol. The van der Waals surface area contributed by atoms with E-state index in [1.807, 2.05) is 41.9 Å². The highest BCUT2D eigenvalue weighted by atomic mass is 16.5. The van der Waals surface area contributed by atoms with Crippen LogP contribution in [-0.4, -0.2) is 27.3 Å². The second-order valence-corrected chi connectivity index (χ2v) is 8.04. The minimum atomic E-state index is -0.118. The lowest BCUT2D eigenvalue weighted by Gasteiger charge is -2.26. The van der Waals surface area contributed by atoms with Crippen LogP contribution in [0.4, 0.5) is 0 Å². The van der Waals surface area contributed by atoms with E-state index < -0.39 is 0 Å². The van der Waals surface area contributed by atoms with Crippen LogP contribution in [0.15, 0.2) is 60.8 Å². The van der Waals surface area contributed by atoms with Crippen molar-refractivity contribution in [2.75, 3.05) is 6.61 Å². The van der Waals surface area contributed by atoms with Crippen LogP contribution >= 0.6 is 0 Å². The van der Waals surface area contributed by atoms with Crippen LogP contribution in [0.25, 0.3) is 11.0 Å². The molecular formula is C25H24N4O2. The lowest BCUT2D eigenvalue weighted by molar-refractivity contribution is 0.0926. The molecule has 0 radical (unpaired) electrons. The number of aromatic nitrogens is 3. The zero-order valence-corrected chi connectivity index (χ0v) is 17.6. The third-order valence-corrected chi connectivity index (χ3v) is 5.70. The first-order valence-corrected chi connectivity index (χ1v) is 10.5. The molecule has 1 N–H and O–H groups in total. The summed E-state index contributed by atoms with van der Waals surface area (Å²) in [7, 11) is 0. The van der Waals surface area contributed by atoms with Crippen LogP contribution in [0.1, 0.15) is 45.2 Å². The van der Waals surface area contributed by atoms with E-state index in [9.17, 15) is 4.79 Å². The topological polar surface area (TPSA) is 69.0 Å². The minimum Gasteiger partial charge on any atom is -0.493 e. The number of ether oxygens (including phenoxy) is 1. The summed E-state index contributed by atoms with van der Waals surface area (Å²) in [6.45, 7) is 5.17. The fraction of sp³-hybridized carbons (Fsp3) is 0.240. The highest BCUT2D eigenvalue weighted by Crippen LogP contribution is 2.32. The van der Waals surface area contributed by atoms with Crippen molar-refractivity contribution in [2.45, 2.75) is 32.9 Å². The van der Waals surface area contributed by atoms with Gasteiger partial charge in [0.05, 0.1) is 36.3 Å². The molecule has 6 heteroatoms. The second kappa shape index (κ2) is 7.87. The predicted octanol–water partition coefficient (Wildman–Crippen LogP) is 4.35. The molecule has 5 rings (SSSR count). The number of hydrogen-bond donors (Lipinski definition) is 1. The number of nitrogens with zero attached hydrogens (tertiary/aromatic N) is 3. The second-order valence-electron chi connectivity index (χ2n) is 8.04. The summed E-state index contributed by atoms with van der Waals surface area (Å²) < 4.78 is 7.58. The Hall–Kier alpha value is -3.67. The first-order valence-electron chi connectivity index (χ1n) is 10.5. The molecule has 1 unspecified atom stereocenters. The number of rotatable bonds is 4. The number of benzene rings is 2. The first kappa shape index (κ1) is 19.3. The number of hydrogen-bond acceptors (Lipinski definition) is 4. The van der Waals surface area contributed by atoms with Gasteiger partial charge in [-0.15, -0.1) is 0 Å². The van der Waals surface area contributed by atoms with Crippen molar-refractivity contribution < 1.29 is 9.53 Å². The molecular weight excluding hydrogens is 388 g/mol. The van der Waals surface area contributed by atoms with Crippen molar-refractivity contribution in [3.63, 3.8) is 0 Å². The van der Waals surface area contributed by atoms with Crippen LogP contribution in [0.3, 0.4) is 0 Å². The number of nitrogens with one attached hydrogen (secondary N) is 1. The number of pyridine rings is 1. The van der Waals surface area contributed by atoms with Gasteiger partial charge in [-0.25, -0.2) is 9.67 Å². The summed E-state index contributed by atoms with van der Waals surface area (Å²) in [5, 5.41) is 8.49. The van der Waals surface area contributed by atoms with E-state index in [1.54, 1.807) is 6.20 Å². The van der Waals surface area contributed by atoms with Gasteiger partial charge in [-0.05, 0) is 31.5 Å². The van der Waals surface area contributed by atoms with Gasteiger partial charge in [0.2, 0.25) is 0 Å². The quantitative estimate of drug-likeness (QED) is 0.541. The first-order chi connectivity index (χ1) is 15.1. The number of fused-ring (bicyclic) bond motifs is 2. The van der Waals surface area contributed by atoms with E-state index in [0.29, 0.717) is 18.7 Å². The Morgan fingerprint density at radius 2 is 1.97 bits per heavy atom. The number of para-hydroxylation sites is 1. The molecule has 31 heavy (non-hydrogen) atoms. The summed E-state index contributed by atoms with van der Waals surface area (Å²) in [4.78, 5) is 18.0. The third-order valence-electron chi connectivity index (χ3n) is 5.70. The largest absolute Gasteiger partial charge is 0.493 e. The number of aryl methyl sites for hydroxylation is 2. The van der Waals surface area contributed by atoms with Crippen molar-refractivity contribution in [2.24, 2.45) is 0 Å². The normalized spacial score (nSPS) is 15.4. The molecule has 0 bridgehead atoms. The monoisotopic (exact) mass is 412 g/mol. The molecule has 0 spiro atoms. The van der Waals surface area contributed by atoms with Gasteiger partial charge in [0.1, 0.15) is 5.75 Å². The Balaban J connectivity index is 1.46. The highest BCUT2D eigenvalue weighted by molar-refractivity contribution is 6.05. The van der Waals surface area contributed by atoms with Crippen LogP contribution in [0, 0.1) is 13.8 Å². The molecule has 1 aliphatic heterocycles. The Bertz CT molecular complexity index is 1260. The molecule has 1 amide bonds. The van der Waals surface area contributed by atoms with Crippen molar-refractivity contribution in [3.05, 3.63) is 88.7 Å². The van der Waals surface area contributed by atoms with Gasteiger partial charge in [0, 0.05) is 17.7 Å². The molecule has 6 nitrogen and oxygen atoms in total. The van der Waals surface area contributed by atoms with Gasteiger partial charge in [-0.1, -0.05) is 48.0 Å².